The number of hydrogen-bond donors (Lipinski definition) is 0. The average Bonchev–Trinajstić information content (AvgIpc) is 1.57. The quantitative estimate of drug-likeness (QED) is 0.119. The fraction of sp³-hybridized carbons (Fsp3) is 0.872. The molecule has 8 heteroatoms. The lowest BCUT2D eigenvalue weighted by Gasteiger charge is -2.41. The Morgan fingerprint density at radius 2 is 0.488 bits per heavy atom. The van der Waals surface area contributed by atoms with Crippen LogP contribution in [0.3, 0.4) is 0 Å². The van der Waals surface area contributed by atoms with Gasteiger partial charge in [0.1, 0.15) is 24.4 Å². The van der Waals surface area contributed by atoms with Crippen LogP contribution in [0.15, 0.2) is 12.1 Å². The zero-order valence-corrected chi connectivity index (χ0v) is 56.3. The third kappa shape index (κ3) is 9.58. The minimum Gasteiger partial charge on any atom is -0.458 e. The van der Waals surface area contributed by atoms with Crippen molar-refractivity contribution in [3.63, 3.8) is 0 Å². The van der Waals surface area contributed by atoms with Crippen molar-refractivity contribution in [2.45, 2.75) is 313 Å². The monoisotopic (exact) mass is 1180 g/mol. The van der Waals surface area contributed by atoms with E-state index in [1.165, 1.54) is 128 Å². The molecule has 12 aliphatic carbocycles. The molecule has 8 nitrogen and oxygen atoms in total. The van der Waals surface area contributed by atoms with Crippen LogP contribution in [-0.2, 0) is 18.9 Å². The van der Waals surface area contributed by atoms with Crippen LogP contribution in [0.5, 0.6) is 0 Å². The van der Waals surface area contributed by atoms with Gasteiger partial charge in [0.15, 0.2) is 0 Å². The molecule has 478 valence electrons. The third-order valence-corrected chi connectivity index (χ3v) is 31.9. The first-order valence-electron chi connectivity index (χ1n) is 36.8. The van der Waals surface area contributed by atoms with Crippen LogP contribution < -0.4 is 0 Å². The summed E-state index contributed by atoms with van der Waals surface area (Å²) in [6.07, 6.45) is 36.1. The third-order valence-electron chi connectivity index (χ3n) is 31.9. The fourth-order valence-electron chi connectivity index (χ4n) is 25.3. The Hall–Kier alpha value is -2.90. The minimum absolute atomic E-state index is 0.0249. The highest BCUT2D eigenvalue weighted by Gasteiger charge is 2.72. The first-order valence-corrected chi connectivity index (χ1v) is 36.8. The smallest absolute Gasteiger partial charge is 0.339 e. The van der Waals surface area contributed by atoms with E-state index in [1.807, 2.05) is 0 Å². The van der Waals surface area contributed by atoms with Gasteiger partial charge in [-0.2, -0.15) is 0 Å². The minimum atomic E-state index is -0.592. The summed E-state index contributed by atoms with van der Waals surface area (Å²) in [7, 11) is 0. The molecule has 0 aromatic heterocycles. The van der Waals surface area contributed by atoms with Gasteiger partial charge in [0, 0.05) is 45.3 Å². The summed E-state index contributed by atoms with van der Waals surface area (Å²) >= 11 is 0. The second kappa shape index (κ2) is 22.4. The normalized spacial score (nSPS) is 42.1. The topological polar surface area (TPSA) is 105 Å². The van der Waals surface area contributed by atoms with Crippen LogP contribution in [0.1, 0.15) is 330 Å². The van der Waals surface area contributed by atoms with Gasteiger partial charge in [-0.3, -0.25) is 0 Å². The lowest BCUT2D eigenvalue weighted by Crippen LogP contribution is -2.43. The maximum Gasteiger partial charge on any atom is 0.339 e. The Morgan fingerprint density at radius 3 is 0.674 bits per heavy atom. The summed E-state index contributed by atoms with van der Waals surface area (Å²) in [5, 5.41) is 0. The van der Waals surface area contributed by atoms with Crippen LogP contribution in [0, 0.1) is 114 Å². The van der Waals surface area contributed by atoms with Gasteiger partial charge in [-0.05, 0) is 158 Å². The van der Waals surface area contributed by atoms with Crippen molar-refractivity contribution < 1.29 is 38.1 Å². The van der Waals surface area contributed by atoms with E-state index in [1.54, 1.807) is 12.1 Å². The van der Waals surface area contributed by atoms with E-state index in [0.29, 0.717) is 47.3 Å². The van der Waals surface area contributed by atoms with E-state index >= 15 is 19.2 Å². The van der Waals surface area contributed by atoms with Gasteiger partial charge in [0.2, 0.25) is 0 Å². The highest BCUT2D eigenvalue weighted by atomic mass is 16.6. The molecule has 0 saturated heterocycles. The van der Waals surface area contributed by atoms with Crippen LogP contribution in [0.25, 0.3) is 0 Å². The van der Waals surface area contributed by atoms with E-state index in [9.17, 15) is 0 Å². The molecule has 86 heavy (non-hydrogen) atoms. The van der Waals surface area contributed by atoms with Crippen molar-refractivity contribution in [2.75, 3.05) is 0 Å². The Morgan fingerprint density at radius 1 is 0.302 bits per heavy atom. The molecule has 0 radical (unpaired) electrons. The van der Waals surface area contributed by atoms with Gasteiger partial charge >= 0.3 is 23.9 Å². The molecule has 0 heterocycles. The van der Waals surface area contributed by atoms with Crippen LogP contribution >= 0.6 is 0 Å². The van der Waals surface area contributed by atoms with Crippen molar-refractivity contribution in [3.05, 3.63) is 34.4 Å². The molecule has 16 atom stereocenters. The van der Waals surface area contributed by atoms with Crippen molar-refractivity contribution in [3.8, 4) is 0 Å². The highest BCUT2D eigenvalue weighted by Crippen LogP contribution is 2.74. The van der Waals surface area contributed by atoms with Crippen molar-refractivity contribution in [1.29, 1.82) is 0 Å². The van der Waals surface area contributed by atoms with Gasteiger partial charge in [-0.25, -0.2) is 19.2 Å². The molecule has 12 fully saturated rings. The van der Waals surface area contributed by atoms with Crippen molar-refractivity contribution >= 4 is 23.9 Å². The number of carbonyl (C=O) groups is 4. The zero-order chi connectivity index (χ0) is 60.7. The summed E-state index contributed by atoms with van der Waals surface area (Å²) in [5.41, 5.74) is -1.23. The molecule has 0 unspecified atom stereocenters. The van der Waals surface area contributed by atoms with E-state index in [2.05, 4.69) is 83.1 Å². The molecule has 0 spiro atoms. The summed E-state index contributed by atoms with van der Waals surface area (Å²) in [6, 6.07) is 3.17. The number of hydrogen-bond acceptors (Lipinski definition) is 8. The molecule has 0 aliphatic heterocycles. The molecule has 13 rings (SSSR count). The zero-order valence-electron chi connectivity index (χ0n) is 56.3. The Kier molecular flexibility index (Phi) is 16.2. The predicted octanol–water partition coefficient (Wildman–Crippen LogP) is 20.0. The second-order valence-electron chi connectivity index (χ2n) is 36.0. The maximum atomic E-state index is 16.2. The van der Waals surface area contributed by atoms with Crippen LogP contribution in [-0.4, -0.2) is 48.3 Å². The number of ether oxygens (including phenoxy) is 4. The van der Waals surface area contributed by atoms with E-state index in [-0.39, 0.29) is 114 Å². The highest BCUT2D eigenvalue weighted by molar-refractivity contribution is 6.10. The second-order valence-corrected chi connectivity index (χ2v) is 36.0. The lowest BCUT2D eigenvalue weighted by atomic mass is 9.69. The molecule has 8 bridgehead atoms. The Labute approximate surface area is 521 Å². The van der Waals surface area contributed by atoms with Crippen LogP contribution in [0.4, 0.5) is 0 Å². The number of rotatable bonds is 16. The van der Waals surface area contributed by atoms with E-state index in [4.69, 9.17) is 18.9 Å². The molecule has 0 amide bonds. The van der Waals surface area contributed by atoms with E-state index in [0.717, 1.165) is 77.0 Å². The van der Waals surface area contributed by atoms with Crippen LogP contribution in [0.2, 0.25) is 0 Å². The summed E-state index contributed by atoms with van der Waals surface area (Å²) in [5.74, 6) is 2.46. The fourth-order valence-corrected chi connectivity index (χ4v) is 25.3. The molecule has 0 N–H and O–H groups in total. The van der Waals surface area contributed by atoms with Gasteiger partial charge < -0.3 is 18.9 Å². The number of esters is 4. The molecular weight excluding hydrogens is 1060 g/mol. The maximum absolute atomic E-state index is 16.2. The summed E-state index contributed by atoms with van der Waals surface area (Å²) in [4.78, 5) is 64.7. The van der Waals surface area contributed by atoms with Gasteiger partial charge in [-0.1, -0.05) is 212 Å². The van der Waals surface area contributed by atoms with Crippen molar-refractivity contribution in [1.82, 2.24) is 0 Å². The van der Waals surface area contributed by atoms with Crippen molar-refractivity contribution in [2.24, 2.45) is 114 Å². The number of fused-ring (bicyclic) bond motifs is 8. The summed E-state index contributed by atoms with van der Waals surface area (Å²) < 4.78 is 28.8. The van der Waals surface area contributed by atoms with E-state index < -0.39 is 23.9 Å². The number of carbonyl (C=O) groups excluding carboxylic acids is 4. The largest absolute Gasteiger partial charge is 0.458 e. The average molecular weight is 1180 g/mol. The Bertz CT molecular complexity index is 2360. The first kappa shape index (κ1) is 61.9. The molecule has 1 aromatic rings. The molecule has 12 aliphatic rings. The summed E-state index contributed by atoms with van der Waals surface area (Å²) in [6.45, 7) is 28.6. The molecular formula is C78H118O8. The first-order chi connectivity index (χ1) is 40.8. The number of benzene rings is 1. The lowest BCUT2D eigenvalue weighted by molar-refractivity contribution is -0.0492. The molecule has 1 aromatic carbocycles. The predicted molar refractivity (Wildman–Crippen MR) is 340 cm³/mol. The standard InChI is InChI=1S/C78H118O8/c1-71(2)59-33-37-75(71,9)63(55(59)41-47-25-17-13-18-26-47)83-67(79)51-45-53(69(81)85-65-57(43-49-29-21-15-22-30-49)61-35-39-77(65,11)73(61,5)6)54(70(82)86-66-58(44-50-31-23-16-24-32-50)62-36-40-78(66,12)74(62,7)8)46-52(51)68(80)84-64-56(42-48-27-19-14-20-28-48)60-34-38-76(64,10)72(60,3)4/h45-50,55-66H,13-44H2,1-12H3/t55-,56-,57-,58-,59+,60+,61+,62+,63+,64+,65+,66+,75-,76-,77-,78-/m1/s1. The Balaban J connectivity index is 0.927. The SMILES string of the molecule is CC1(C)[C@H]2CC[C@]1(C)[C@@H](OC(=O)c1cc(C(=O)O[C@H]3[C@H](CC4CCCCC4)[C@@H]4CC[C@@]3(C)C4(C)C)c(C(=O)O[C@H]3[C@H](CC4CCCCC4)[C@@H]4CC[C@@]3(C)C4(C)C)cc1C(=O)O[C@H]1[C@H](CC3CCCCC3)[C@@H]3CC[C@@]1(C)C3(C)C)[C@@H]2CC1CCCCC1. The van der Waals surface area contributed by atoms with Gasteiger partial charge in [0.25, 0.3) is 0 Å². The van der Waals surface area contributed by atoms with Gasteiger partial charge in [-0.15, -0.1) is 0 Å². The molecule has 12 saturated carbocycles. The van der Waals surface area contributed by atoms with Gasteiger partial charge in [0.05, 0.1) is 22.3 Å².